The minimum Gasteiger partial charge on any atom is -0.379 e. The first-order valence-electron chi connectivity index (χ1n) is 10.2. The van der Waals surface area contributed by atoms with Crippen molar-refractivity contribution in [2.45, 2.75) is 30.7 Å². The molecule has 1 aliphatic rings. The van der Waals surface area contributed by atoms with Crippen LogP contribution in [0.5, 0.6) is 0 Å². The third-order valence-corrected chi connectivity index (χ3v) is 6.30. The molecule has 1 saturated heterocycles. The van der Waals surface area contributed by atoms with Crippen LogP contribution in [-0.2, 0) is 6.54 Å². The van der Waals surface area contributed by atoms with Gasteiger partial charge in [-0.05, 0) is 67.3 Å². The molecule has 4 N–H and O–H groups in total. The summed E-state index contributed by atoms with van der Waals surface area (Å²) in [6.45, 7) is 2.33. The van der Waals surface area contributed by atoms with Crippen molar-refractivity contribution >= 4 is 39.9 Å². The number of aromatic nitrogens is 1. The Morgan fingerprint density at radius 3 is 2.67 bits per heavy atom. The molecule has 1 amide bonds. The van der Waals surface area contributed by atoms with Crippen molar-refractivity contribution in [2.24, 2.45) is 5.73 Å². The van der Waals surface area contributed by atoms with Gasteiger partial charge in [0.25, 0.3) is 5.56 Å². The Labute approximate surface area is 179 Å². The second-order valence-corrected chi connectivity index (χ2v) is 8.45. The normalized spacial score (nSPS) is 14.1. The molecule has 1 fully saturated rings. The van der Waals surface area contributed by atoms with E-state index in [0.717, 1.165) is 53.1 Å². The van der Waals surface area contributed by atoms with Gasteiger partial charge in [0.15, 0.2) is 0 Å². The number of pyridine rings is 1. The highest BCUT2D eigenvalue weighted by Crippen LogP contribution is 2.30. The van der Waals surface area contributed by atoms with E-state index in [2.05, 4.69) is 15.2 Å². The van der Waals surface area contributed by atoms with Gasteiger partial charge in [-0.2, -0.15) is 0 Å². The van der Waals surface area contributed by atoms with Gasteiger partial charge in [-0.15, -0.1) is 11.8 Å². The predicted molar refractivity (Wildman–Crippen MR) is 125 cm³/mol. The fraction of sp³-hybridized carbons (Fsp3) is 0.304. The third kappa shape index (κ3) is 4.31. The van der Waals surface area contributed by atoms with Crippen LogP contribution in [0.3, 0.4) is 0 Å². The van der Waals surface area contributed by atoms with Gasteiger partial charge in [0.1, 0.15) is 0 Å². The van der Waals surface area contributed by atoms with Crippen LogP contribution in [0.2, 0.25) is 0 Å². The summed E-state index contributed by atoms with van der Waals surface area (Å²) in [6.07, 6.45) is 5.56. The maximum absolute atomic E-state index is 12.6. The topological polar surface area (TPSA) is 91.2 Å². The molecule has 0 aliphatic carbocycles. The van der Waals surface area contributed by atoms with Gasteiger partial charge < -0.3 is 20.9 Å². The number of amides is 1. The number of carbonyl (C=O) groups excluding carboxylic acids is 1. The van der Waals surface area contributed by atoms with E-state index in [1.54, 1.807) is 23.9 Å². The highest BCUT2D eigenvalue weighted by atomic mass is 32.2. The summed E-state index contributed by atoms with van der Waals surface area (Å²) < 4.78 is 0. The molecule has 1 aliphatic heterocycles. The molecule has 0 bridgehead atoms. The minimum atomic E-state index is -0.462. The van der Waals surface area contributed by atoms with Crippen molar-refractivity contribution in [3.63, 3.8) is 0 Å². The Kier molecular flexibility index (Phi) is 5.99. The lowest BCUT2D eigenvalue weighted by molar-refractivity contribution is 0.100. The maximum Gasteiger partial charge on any atom is 0.253 e. The molecule has 0 saturated carbocycles. The lowest BCUT2D eigenvalue weighted by atomic mass is 10.1. The van der Waals surface area contributed by atoms with Gasteiger partial charge in [-0.1, -0.05) is 6.07 Å². The quantitative estimate of drug-likeness (QED) is 0.523. The SMILES string of the molecule is CSc1ccc2cc(CNc3cc(C(N)=O)ccc3N3CCCCC3)c(=O)[nH]c2c1. The number of benzene rings is 2. The number of primary amides is 1. The standard InChI is InChI=1S/C23H26N4O2S/c1-30-18-7-5-15-11-17(23(29)26-19(15)13-18)14-25-20-12-16(22(24)28)6-8-21(20)27-9-3-2-4-10-27/h5-8,11-13,25H,2-4,9-10,14H2,1H3,(H2,24,28)(H,26,29). The van der Waals surface area contributed by atoms with Gasteiger partial charge in [-0.25, -0.2) is 0 Å². The molecule has 0 atom stereocenters. The first-order chi connectivity index (χ1) is 14.5. The van der Waals surface area contributed by atoms with Crippen LogP contribution in [0.1, 0.15) is 35.2 Å². The van der Waals surface area contributed by atoms with Crippen molar-refractivity contribution in [3.05, 3.63) is 63.9 Å². The second kappa shape index (κ2) is 8.83. The average molecular weight is 423 g/mol. The summed E-state index contributed by atoms with van der Waals surface area (Å²) in [7, 11) is 0. The zero-order valence-corrected chi connectivity index (χ0v) is 17.8. The third-order valence-electron chi connectivity index (χ3n) is 5.58. The van der Waals surface area contributed by atoms with Crippen molar-refractivity contribution in [1.82, 2.24) is 4.98 Å². The molecule has 2 heterocycles. The van der Waals surface area contributed by atoms with Crippen LogP contribution in [0.4, 0.5) is 11.4 Å². The van der Waals surface area contributed by atoms with Crippen LogP contribution in [0, 0.1) is 0 Å². The number of rotatable bonds is 6. The van der Waals surface area contributed by atoms with Crippen molar-refractivity contribution in [2.75, 3.05) is 29.6 Å². The largest absolute Gasteiger partial charge is 0.379 e. The van der Waals surface area contributed by atoms with Gasteiger partial charge in [0, 0.05) is 41.2 Å². The van der Waals surface area contributed by atoms with Crippen LogP contribution in [0.15, 0.2) is 52.2 Å². The highest BCUT2D eigenvalue weighted by Gasteiger charge is 2.16. The number of piperidine rings is 1. The summed E-state index contributed by atoms with van der Waals surface area (Å²) in [5, 5.41) is 4.37. The van der Waals surface area contributed by atoms with E-state index in [4.69, 9.17) is 5.73 Å². The van der Waals surface area contributed by atoms with Gasteiger partial charge >= 0.3 is 0 Å². The van der Waals surface area contributed by atoms with E-state index in [9.17, 15) is 9.59 Å². The summed E-state index contributed by atoms with van der Waals surface area (Å²) in [6, 6.07) is 13.5. The lowest BCUT2D eigenvalue weighted by Gasteiger charge is -2.31. The number of thioether (sulfide) groups is 1. The Bertz CT molecular complexity index is 1140. The number of nitrogens with one attached hydrogen (secondary N) is 2. The van der Waals surface area contributed by atoms with Gasteiger partial charge in [0.2, 0.25) is 5.91 Å². The Hall–Kier alpha value is -2.93. The zero-order chi connectivity index (χ0) is 21.1. The number of H-pyrrole nitrogens is 1. The number of carbonyl (C=O) groups is 1. The molecule has 0 radical (unpaired) electrons. The summed E-state index contributed by atoms with van der Waals surface area (Å²) in [5.74, 6) is -0.462. The number of hydrogen-bond donors (Lipinski definition) is 3. The summed E-state index contributed by atoms with van der Waals surface area (Å²) in [4.78, 5) is 30.7. The number of nitrogens with zero attached hydrogens (tertiary/aromatic N) is 1. The predicted octanol–water partition coefficient (Wildman–Crippen LogP) is 3.95. The molecule has 2 aromatic carbocycles. The van der Waals surface area contributed by atoms with Crippen molar-refractivity contribution in [3.8, 4) is 0 Å². The van der Waals surface area contributed by atoms with E-state index < -0.39 is 5.91 Å². The number of fused-ring (bicyclic) bond motifs is 1. The zero-order valence-electron chi connectivity index (χ0n) is 17.0. The first kappa shape index (κ1) is 20.3. The van der Waals surface area contributed by atoms with Crippen molar-refractivity contribution < 1.29 is 4.79 Å². The summed E-state index contributed by atoms with van der Waals surface area (Å²) >= 11 is 1.64. The Morgan fingerprint density at radius 2 is 1.93 bits per heavy atom. The Morgan fingerprint density at radius 1 is 1.13 bits per heavy atom. The van der Waals surface area contributed by atoms with Crippen LogP contribution < -0.4 is 21.5 Å². The number of aromatic amines is 1. The molecule has 3 aromatic rings. The van der Waals surface area contributed by atoms with E-state index >= 15 is 0 Å². The van der Waals surface area contributed by atoms with E-state index in [1.165, 1.54) is 6.42 Å². The molecular weight excluding hydrogens is 396 g/mol. The fourth-order valence-corrected chi connectivity index (χ4v) is 4.36. The minimum absolute atomic E-state index is 0.112. The molecule has 6 nitrogen and oxygen atoms in total. The van der Waals surface area contributed by atoms with Crippen LogP contribution >= 0.6 is 11.8 Å². The van der Waals surface area contributed by atoms with Crippen LogP contribution in [-0.4, -0.2) is 30.2 Å². The fourth-order valence-electron chi connectivity index (χ4n) is 3.92. The lowest BCUT2D eigenvalue weighted by Crippen LogP contribution is -2.30. The molecule has 1 aromatic heterocycles. The van der Waals surface area contributed by atoms with E-state index in [0.29, 0.717) is 17.7 Å². The van der Waals surface area contributed by atoms with Gasteiger partial charge in [0.05, 0.1) is 11.4 Å². The second-order valence-electron chi connectivity index (χ2n) is 7.57. The smallest absolute Gasteiger partial charge is 0.253 e. The van der Waals surface area contributed by atoms with Crippen molar-refractivity contribution in [1.29, 1.82) is 0 Å². The average Bonchev–Trinajstić information content (AvgIpc) is 2.77. The molecule has 156 valence electrons. The van der Waals surface area contributed by atoms with Gasteiger partial charge in [-0.3, -0.25) is 9.59 Å². The number of anilines is 2. The monoisotopic (exact) mass is 422 g/mol. The van der Waals surface area contributed by atoms with E-state index in [-0.39, 0.29) is 5.56 Å². The molecule has 4 rings (SSSR count). The molecule has 30 heavy (non-hydrogen) atoms. The van der Waals surface area contributed by atoms with E-state index in [1.807, 2.05) is 36.6 Å². The number of nitrogens with two attached hydrogens (primary N) is 1. The molecular formula is C23H26N4O2S. The Balaban J connectivity index is 1.63. The molecule has 0 unspecified atom stereocenters. The first-order valence-corrected chi connectivity index (χ1v) is 11.4. The maximum atomic E-state index is 12.6. The van der Waals surface area contributed by atoms with Crippen LogP contribution in [0.25, 0.3) is 10.9 Å². The highest BCUT2D eigenvalue weighted by molar-refractivity contribution is 7.98. The molecule has 0 spiro atoms. The number of hydrogen-bond acceptors (Lipinski definition) is 5. The molecule has 7 heteroatoms. The summed E-state index contributed by atoms with van der Waals surface area (Å²) in [5.41, 5.74) is 9.18.